The van der Waals surface area contributed by atoms with Gasteiger partial charge in [0.25, 0.3) is 0 Å². The van der Waals surface area contributed by atoms with Gasteiger partial charge in [-0.3, -0.25) is 0 Å². The van der Waals surface area contributed by atoms with Crippen LogP contribution >= 0.6 is 0 Å². The van der Waals surface area contributed by atoms with Crippen LogP contribution in [0.3, 0.4) is 0 Å². The number of aliphatic hydroxyl groups is 1. The second-order valence-corrected chi connectivity index (χ2v) is 3.38. The Balaban J connectivity index is 3.86. The highest BCUT2D eigenvalue weighted by atomic mass is 16.4. The molecule has 0 spiro atoms. The molecule has 4 heteroatoms. The van der Waals surface area contributed by atoms with Crippen LogP contribution in [-0.4, -0.2) is 29.5 Å². The van der Waals surface area contributed by atoms with Crippen LogP contribution in [0.1, 0.15) is 26.7 Å². The molecule has 0 aliphatic carbocycles. The summed E-state index contributed by atoms with van der Waals surface area (Å²) in [5.74, 6) is 0. The smallest absolute Gasteiger partial charge is 0.404 e. The number of hydrogen-bond acceptors (Lipinski definition) is 2. The first-order valence-corrected chi connectivity index (χ1v) is 4.12. The number of amides is 1. The predicted molar refractivity (Wildman–Crippen MR) is 46.1 cm³/mol. The molecule has 0 saturated carbocycles. The van der Waals surface area contributed by atoms with E-state index in [2.05, 4.69) is 5.32 Å². The van der Waals surface area contributed by atoms with Crippen LogP contribution < -0.4 is 5.32 Å². The van der Waals surface area contributed by atoms with E-state index >= 15 is 0 Å². The maximum Gasteiger partial charge on any atom is 0.404 e. The molecule has 0 saturated heterocycles. The summed E-state index contributed by atoms with van der Waals surface area (Å²) in [5, 5.41) is 19.6. The number of carboxylic acid groups (broad SMARTS) is 1. The molecule has 0 aromatic rings. The van der Waals surface area contributed by atoms with Gasteiger partial charge in [0.15, 0.2) is 0 Å². The molecule has 0 aliphatic rings. The lowest BCUT2D eigenvalue weighted by atomic mass is 9.86. The van der Waals surface area contributed by atoms with E-state index in [0.29, 0.717) is 6.54 Å². The summed E-state index contributed by atoms with van der Waals surface area (Å²) in [6, 6.07) is 0. The van der Waals surface area contributed by atoms with Crippen molar-refractivity contribution in [1.82, 2.24) is 5.32 Å². The normalized spacial score (nSPS) is 15.2. The zero-order valence-electron chi connectivity index (χ0n) is 7.63. The molecular weight excluding hydrogens is 158 g/mol. The average molecular weight is 175 g/mol. The van der Waals surface area contributed by atoms with Crippen molar-refractivity contribution in [2.75, 3.05) is 13.2 Å². The average Bonchev–Trinajstić information content (AvgIpc) is 2.02. The summed E-state index contributed by atoms with van der Waals surface area (Å²) in [6.07, 6.45) is 0.730. The lowest BCUT2D eigenvalue weighted by molar-refractivity contribution is 0.125. The Bertz CT molecular complexity index is 149. The minimum Gasteiger partial charge on any atom is -0.465 e. The molecule has 0 bridgehead atoms. The quantitative estimate of drug-likeness (QED) is 0.585. The van der Waals surface area contributed by atoms with Crippen molar-refractivity contribution in [1.29, 1.82) is 0 Å². The van der Waals surface area contributed by atoms with Gasteiger partial charge < -0.3 is 15.5 Å². The number of rotatable bonds is 5. The standard InChI is InChI=1S/C8H17NO3/c1-3-4-8(2,6-10)5-9-7(11)12/h9-10H,3-6H2,1-2H3,(H,11,12). The first kappa shape index (κ1) is 11.2. The minimum absolute atomic E-state index is 0.0150. The largest absolute Gasteiger partial charge is 0.465 e. The van der Waals surface area contributed by atoms with Gasteiger partial charge in [-0.2, -0.15) is 0 Å². The number of carbonyl (C=O) groups is 1. The first-order valence-electron chi connectivity index (χ1n) is 4.12. The summed E-state index contributed by atoms with van der Waals surface area (Å²) in [6.45, 7) is 4.20. The zero-order valence-corrected chi connectivity index (χ0v) is 7.63. The molecule has 1 amide bonds. The lowest BCUT2D eigenvalue weighted by Crippen LogP contribution is -2.37. The fourth-order valence-electron chi connectivity index (χ4n) is 1.12. The fourth-order valence-corrected chi connectivity index (χ4v) is 1.12. The number of nitrogens with one attached hydrogen (secondary N) is 1. The van der Waals surface area contributed by atoms with Gasteiger partial charge in [-0.15, -0.1) is 0 Å². The molecular formula is C8H17NO3. The third kappa shape index (κ3) is 4.18. The van der Waals surface area contributed by atoms with E-state index in [0.717, 1.165) is 12.8 Å². The van der Waals surface area contributed by atoms with Crippen molar-refractivity contribution < 1.29 is 15.0 Å². The van der Waals surface area contributed by atoms with Crippen LogP contribution in [-0.2, 0) is 0 Å². The molecule has 0 aromatic heterocycles. The summed E-state index contributed by atoms with van der Waals surface area (Å²) >= 11 is 0. The molecule has 0 heterocycles. The molecule has 1 unspecified atom stereocenters. The van der Waals surface area contributed by atoms with Crippen LogP contribution in [0, 0.1) is 5.41 Å². The summed E-state index contributed by atoms with van der Waals surface area (Å²) in [5.41, 5.74) is -0.312. The van der Waals surface area contributed by atoms with Crippen molar-refractivity contribution in [3.05, 3.63) is 0 Å². The Morgan fingerprint density at radius 1 is 1.58 bits per heavy atom. The van der Waals surface area contributed by atoms with E-state index < -0.39 is 6.09 Å². The molecule has 0 aromatic carbocycles. The van der Waals surface area contributed by atoms with Crippen LogP contribution in [0.5, 0.6) is 0 Å². The minimum atomic E-state index is -1.04. The van der Waals surface area contributed by atoms with Crippen LogP contribution in [0.15, 0.2) is 0 Å². The molecule has 0 rings (SSSR count). The monoisotopic (exact) mass is 175 g/mol. The SMILES string of the molecule is CCCC(C)(CO)CNC(=O)O. The molecule has 3 N–H and O–H groups in total. The third-order valence-corrected chi connectivity index (χ3v) is 1.90. The Kier molecular flexibility index (Phi) is 4.66. The van der Waals surface area contributed by atoms with Crippen LogP contribution in [0.4, 0.5) is 4.79 Å². The zero-order chi connectivity index (χ0) is 9.61. The van der Waals surface area contributed by atoms with Crippen LogP contribution in [0.25, 0.3) is 0 Å². The Hall–Kier alpha value is -0.770. The Labute approximate surface area is 72.6 Å². The topological polar surface area (TPSA) is 69.6 Å². The highest BCUT2D eigenvalue weighted by Gasteiger charge is 2.22. The second kappa shape index (κ2) is 4.98. The van der Waals surface area contributed by atoms with E-state index in [1.165, 1.54) is 0 Å². The molecule has 72 valence electrons. The molecule has 0 fully saturated rings. The highest BCUT2D eigenvalue weighted by molar-refractivity contribution is 5.64. The summed E-state index contributed by atoms with van der Waals surface area (Å²) in [7, 11) is 0. The third-order valence-electron chi connectivity index (χ3n) is 1.90. The van der Waals surface area contributed by atoms with E-state index in [4.69, 9.17) is 10.2 Å². The summed E-state index contributed by atoms with van der Waals surface area (Å²) < 4.78 is 0. The van der Waals surface area contributed by atoms with Gasteiger partial charge in [0.2, 0.25) is 0 Å². The van der Waals surface area contributed by atoms with E-state index in [9.17, 15) is 4.79 Å². The molecule has 1 atom stereocenters. The van der Waals surface area contributed by atoms with Crippen molar-refractivity contribution in [3.63, 3.8) is 0 Å². The second-order valence-electron chi connectivity index (χ2n) is 3.38. The number of aliphatic hydroxyl groups excluding tert-OH is 1. The number of hydrogen-bond donors (Lipinski definition) is 3. The van der Waals surface area contributed by atoms with Crippen molar-refractivity contribution in [2.45, 2.75) is 26.7 Å². The van der Waals surface area contributed by atoms with Gasteiger partial charge in [0, 0.05) is 12.0 Å². The van der Waals surface area contributed by atoms with Crippen molar-refractivity contribution in [3.8, 4) is 0 Å². The van der Waals surface area contributed by atoms with Gasteiger partial charge in [0.1, 0.15) is 0 Å². The highest BCUT2D eigenvalue weighted by Crippen LogP contribution is 2.20. The first-order chi connectivity index (χ1) is 5.54. The predicted octanol–water partition coefficient (Wildman–Crippen LogP) is 1.05. The van der Waals surface area contributed by atoms with Crippen LogP contribution in [0.2, 0.25) is 0 Å². The maximum absolute atomic E-state index is 10.2. The molecule has 4 nitrogen and oxygen atoms in total. The van der Waals surface area contributed by atoms with E-state index in [1.54, 1.807) is 0 Å². The molecule has 0 aliphatic heterocycles. The maximum atomic E-state index is 10.2. The van der Waals surface area contributed by atoms with Gasteiger partial charge in [-0.1, -0.05) is 20.3 Å². The van der Waals surface area contributed by atoms with E-state index in [1.807, 2.05) is 13.8 Å². The molecule has 0 radical (unpaired) electrons. The fraction of sp³-hybridized carbons (Fsp3) is 0.875. The van der Waals surface area contributed by atoms with Gasteiger partial charge >= 0.3 is 6.09 Å². The van der Waals surface area contributed by atoms with Crippen molar-refractivity contribution in [2.24, 2.45) is 5.41 Å². The van der Waals surface area contributed by atoms with Gasteiger partial charge in [0.05, 0.1) is 6.61 Å². The molecule has 12 heavy (non-hydrogen) atoms. The van der Waals surface area contributed by atoms with Crippen molar-refractivity contribution >= 4 is 6.09 Å². The summed E-state index contributed by atoms with van der Waals surface area (Å²) in [4.78, 5) is 10.2. The van der Waals surface area contributed by atoms with Gasteiger partial charge in [-0.25, -0.2) is 4.79 Å². The van der Waals surface area contributed by atoms with E-state index in [-0.39, 0.29) is 12.0 Å². The Morgan fingerprint density at radius 3 is 2.50 bits per heavy atom. The van der Waals surface area contributed by atoms with Gasteiger partial charge in [-0.05, 0) is 6.42 Å². The Morgan fingerprint density at radius 2 is 2.17 bits per heavy atom. The lowest BCUT2D eigenvalue weighted by Gasteiger charge is -2.26.